The van der Waals surface area contributed by atoms with E-state index in [9.17, 15) is 9.59 Å². The number of nitrogens with zero attached hydrogens (tertiary/aromatic N) is 1. The third-order valence-electron chi connectivity index (χ3n) is 2.68. The Kier molecular flexibility index (Phi) is 5.58. The lowest BCUT2D eigenvalue weighted by atomic mass is 10.2. The highest BCUT2D eigenvalue weighted by Gasteiger charge is 2.09. The van der Waals surface area contributed by atoms with E-state index >= 15 is 0 Å². The van der Waals surface area contributed by atoms with Crippen LogP contribution in [0.5, 0.6) is 0 Å². The van der Waals surface area contributed by atoms with Crippen molar-refractivity contribution >= 4 is 23.3 Å². The molecule has 1 rings (SSSR count). The minimum absolute atomic E-state index is 0.233. The second-order valence-electron chi connectivity index (χ2n) is 4.11. The molecule has 2 N–H and O–H groups in total. The first kappa shape index (κ1) is 15.6. The van der Waals surface area contributed by atoms with Gasteiger partial charge in [0.25, 0.3) is 5.91 Å². The summed E-state index contributed by atoms with van der Waals surface area (Å²) in [6.07, 6.45) is 1.36. The Labute approximate surface area is 118 Å². The van der Waals surface area contributed by atoms with E-state index in [-0.39, 0.29) is 11.9 Å². The van der Waals surface area contributed by atoms with Crippen LogP contribution in [-0.2, 0) is 9.53 Å². The van der Waals surface area contributed by atoms with Crippen molar-refractivity contribution in [3.63, 3.8) is 0 Å². The molecule has 0 aliphatic heterocycles. The highest BCUT2D eigenvalue weighted by molar-refractivity contribution is 6.00. The van der Waals surface area contributed by atoms with Crippen LogP contribution >= 0.6 is 0 Å². The van der Waals surface area contributed by atoms with Crippen LogP contribution in [0.1, 0.15) is 6.92 Å². The molecule has 0 aliphatic rings. The average Bonchev–Trinajstić information content (AvgIpc) is 2.45. The molecule has 0 bridgehead atoms. The fourth-order valence-electron chi connectivity index (χ4n) is 1.50. The summed E-state index contributed by atoms with van der Waals surface area (Å²) in [5, 5.41) is 5.24. The van der Waals surface area contributed by atoms with Gasteiger partial charge in [-0.3, -0.25) is 9.69 Å². The molecule has 0 aromatic heterocycles. The molecule has 6 heteroatoms. The largest absolute Gasteiger partial charge is 0.501 e. The van der Waals surface area contributed by atoms with E-state index in [0.29, 0.717) is 17.1 Å². The van der Waals surface area contributed by atoms with Gasteiger partial charge in [0.15, 0.2) is 0 Å². The predicted molar refractivity (Wildman–Crippen MR) is 78.7 cm³/mol. The van der Waals surface area contributed by atoms with Gasteiger partial charge in [-0.15, -0.1) is 0 Å². The predicted octanol–water partition coefficient (Wildman–Crippen LogP) is 1.95. The van der Waals surface area contributed by atoms with E-state index in [2.05, 4.69) is 10.6 Å². The smallest absolute Gasteiger partial charge is 0.321 e. The number of hydrogen-bond donors (Lipinski definition) is 2. The van der Waals surface area contributed by atoms with Crippen LogP contribution in [0.4, 0.5) is 16.2 Å². The number of rotatable bonds is 4. The van der Waals surface area contributed by atoms with Gasteiger partial charge in [0, 0.05) is 31.5 Å². The van der Waals surface area contributed by atoms with Gasteiger partial charge in [-0.2, -0.15) is 0 Å². The summed E-state index contributed by atoms with van der Waals surface area (Å²) in [7, 11) is 4.70. The Hall–Kier alpha value is -2.50. The Morgan fingerprint density at radius 3 is 2.65 bits per heavy atom. The van der Waals surface area contributed by atoms with Crippen molar-refractivity contribution in [1.29, 1.82) is 0 Å². The van der Waals surface area contributed by atoms with Crippen LogP contribution < -0.4 is 15.5 Å². The number of urea groups is 1. The first-order chi connectivity index (χ1) is 9.47. The lowest BCUT2D eigenvalue weighted by Gasteiger charge is -2.17. The second-order valence-corrected chi connectivity index (χ2v) is 4.11. The number of nitrogens with one attached hydrogen (secondary N) is 2. The summed E-state index contributed by atoms with van der Waals surface area (Å²) >= 11 is 0. The standard InChI is InChI=1S/C14H19N3O3/c1-10(20-4)8-13(18)16-11-6-5-7-12(9-11)17(3)14(19)15-2/h5-9H,1-4H3,(H,15,19)(H,16,18)/b10-8-. The molecule has 0 heterocycles. The average molecular weight is 277 g/mol. The number of anilines is 2. The number of ether oxygens (including phenoxy) is 1. The van der Waals surface area contributed by atoms with E-state index in [4.69, 9.17) is 4.74 Å². The first-order valence-corrected chi connectivity index (χ1v) is 6.06. The van der Waals surface area contributed by atoms with Gasteiger partial charge in [-0.1, -0.05) is 6.07 Å². The summed E-state index contributed by atoms with van der Waals surface area (Å²) in [6, 6.07) is 6.76. The number of carbonyl (C=O) groups is 2. The van der Waals surface area contributed by atoms with Gasteiger partial charge in [0.05, 0.1) is 12.9 Å². The fraction of sp³-hybridized carbons (Fsp3) is 0.286. The molecule has 108 valence electrons. The zero-order valence-electron chi connectivity index (χ0n) is 12.1. The number of benzene rings is 1. The van der Waals surface area contributed by atoms with E-state index in [1.165, 1.54) is 18.1 Å². The van der Waals surface area contributed by atoms with Gasteiger partial charge in [0.2, 0.25) is 0 Å². The van der Waals surface area contributed by atoms with Gasteiger partial charge in [0.1, 0.15) is 0 Å². The van der Waals surface area contributed by atoms with Crippen molar-refractivity contribution in [2.75, 3.05) is 31.4 Å². The van der Waals surface area contributed by atoms with Crippen LogP contribution in [-0.4, -0.2) is 33.1 Å². The maximum absolute atomic E-state index is 11.7. The lowest BCUT2D eigenvalue weighted by molar-refractivity contribution is -0.112. The van der Waals surface area contributed by atoms with E-state index in [1.54, 1.807) is 45.3 Å². The molecule has 0 fully saturated rings. The number of amides is 3. The SMILES string of the molecule is CNC(=O)N(C)c1cccc(NC(=O)/C=C(/C)OC)c1. The Balaban J connectivity index is 2.83. The number of carbonyl (C=O) groups excluding carboxylic acids is 2. The van der Waals surface area contributed by atoms with Crippen LogP contribution in [0, 0.1) is 0 Å². The summed E-state index contributed by atoms with van der Waals surface area (Å²) < 4.78 is 4.91. The third-order valence-corrected chi connectivity index (χ3v) is 2.68. The van der Waals surface area contributed by atoms with Gasteiger partial charge >= 0.3 is 6.03 Å². The quantitative estimate of drug-likeness (QED) is 0.652. The summed E-state index contributed by atoms with van der Waals surface area (Å²) in [4.78, 5) is 24.7. The number of allylic oxidation sites excluding steroid dienone is 1. The minimum atomic E-state index is -0.288. The van der Waals surface area contributed by atoms with Gasteiger partial charge < -0.3 is 15.4 Å². The molecule has 1 aromatic carbocycles. The number of methoxy groups -OCH3 is 1. The maximum Gasteiger partial charge on any atom is 0.321 e. The van der Waals surface area contributed by atoms with E-state index in [1.807, 2.05) is 0 Å². The Bertz CT molecular complexity index is 526. The van der Waals surface area contributed by atoms with Crippen LogP contribution in [0.3, 0.4) is 0 Å². The van der Waals surface area contributed by atoms with Crippen LogP contribution in [0.2, 0.25) is 0 Å². The highest BCUT2D eigenvalue weighted by Crippen LogP contribution is 2.18. The fourth-order valence-corrected chi connectivity index (χ4v) is 1.50. The molecule has 0 unspecified atom stereocenters. The highest BCUT2D eigenvalue weighted by atomic mass is 16.5. The van der Waals surface area contributed by atoms with Crippen molar-refractivity contribution in [1.82, 2.24) is 5.32 Å². The maximum atomic E-state index is 11.7. The molecule has 0 radical (unpaired) electrons. The lowest BCUT2D eigenvalue weighted by Crippen LogP contribution is -2.34. The molecule has 3 amide bonds. The third kappa shape index (κ3) is 4.31. The topological polar surface area (TPSA) is 70.7 Å². The van der Waals surface area contributed by atoms with Crippen LogP contribution in [0.25, 0.3) is 0 Å². The second kappa shape index (κ2) is 7.18. The van der Waals surface area contributed by atoms with Crippen LogP contribution in [0.15, 0.2) is 36.1 Å². The first-order valence-electron chi connectivity index (χ1n) is 6.06. The molecule has 20 heavy (non-hydrogen) atoms. The molecule has 0 spiro atoms. The summed E-state index contributed by atoms with van der Waals surface area (Å²) in [5.74, 6) is 0.227. The molecule has 0 atom stereocenters. The molecule has 0 saturated heterocycles. The monoisotopic (exact) mass is 277 g/mol. The molecule has 1 aromatic rings. The molecule has 0 saturated carbocycles. The normalized spacial score (nSPS) is 10.7. The zero-order valence-corrected chi connectivity index (χ0v) is 12.1. The van der Waals surface area contributed by atoms with E-state index in [0.717, 1.165) is 0 Å². The molecular formula is C14H19N3O3. The summed E-state index contributed by atoms with van der Waals surface area (Å²) in [6.45, 7) is 1.69. The van der Waals surface area contributed by atoms with Gasteiger partial charge in [-0.25, -0.2) is 4.79 Å². The zero-order chi connectivity index (χ0) is 15.1. The summed E-state index contributed by atoms with van der Waals surface area (Å²) in [5.41, 5.74) is 1.28. The molecular weight excluding hydrogens is 258 g/mol. The molecule has 0 aliphatic carbocycles. The Morgan fingerprint density at radius 1 is 1.35 bits per heavy atom. The van der Waals surface area contributed by atoms with E-state index < -0.39 is 0 Å². The number of hydrogen-bond acceptors (Lipinski definition) is 3. The van der Waals surface area contributed by atoms with Gasteiger partial charge in [-0.05, 0) is 25.1 Å². The molecule has 6 nitrogen and oxygen atoms in total. The van der Waals surface area contributed by atoms with Crippen molar-refractivity contribution in [2.24, 2.45) is 0 Å². The minimum Gasteiger partial charge on any atom is -0.501 e. The Morgan fingerprint density at radius 2 is 2.05 bits per heavy atom. The van der Waals surface area contributed by atoms with Crippen molar-refractivity contribution in [3.05, 3.63) is 36.1 Å². The van der Waals surface area contributed by atoms with Crippen molar-refractivity contribution in [3.8, 4) is 0 Å². The van der Waals surface area contributed by atoms with Crippen molar-refractivity contribution in [2.45, 2.75) is 6.92 Å². The van der Waals surface area contributed by atoms with Crippen molar-refractivity contribution < 1.29 is 14.3 Å².